The van der Waals surface area contributed by atoms with Crippen molar-refractivity contribution in [3.05, 3.63) is 59.2 Å². The average molecular weight is 315 g/mol. The van der Waals surface area contributed by atoms with E-state index in [4.69, 9.17) is 10.5 Å². The maximum atomic E-state index is 5.92. The van der Waals surface area contributed by atoms with Gasteiger partial charge in [-0.05, 0) is 30.3 Å². The van der Waals surface area contributed by atoms with Crippen molar-refractivity contribution in [2.75, 3.05) is 5.73 Å². The van der Waals surface area contributed by atoms with Crippen LogP contribution in [-0.4, -0.2) is 4.98 Å². The Morgan fingerprint density at radius 3 is 2.74 bits per heavy atom. The fourth-order valence-corrected chi connectivity index (χ4v) is 2.21. The van der Waals surface area contributed by atoms with Gasteiger partial charge in [-0.3, -0.25) is 4.98 Å². The third kappa shape index (κ3) is 2.39. The lowest BCUT2D eigenvalue weighted by Gasteiger charge is -2.10. The number of hydrogen-bond donors (Lipinski definition) is 1. The van der Waals surface area contributed by atoms with Crippen molar-refractivity contribution < 1.29 is 4.74 Å². The predicted octanol–water partition coefficient (Wildman–Crippen LogP) is 4.37. The van der Waals surface area contributed by atoms with Crippen molar-refractivity contribution >= 4 is 32.5 Å². The molecule has 3 rings (SSSR count). The van der Waals surface area contributed by atoms with Crippen LogP contribution in [0, 0.1) is 0 Å². The molecule has 0 bridgehead atoms. The molecule has 0 radical (unpaired) electrons. The first-order chi connectivity index (χ1) is 9.24. The van der Waals surface area contributed by atoms with Gasteiger partial charge in [0.1, 0.15) is 5.52 Å². The highest BCUT2D eigenvalue weighted by Crippen LogP contribution is 2.33. The molecule has 0 amide bonds. The summed E-state index contributed by atoms with van der Waals surface area (Å²) in [5.74, 6) is 1.32. The number of pyridine rings is 1. The van der Waals surface area contributed by atoms with E-state index in [0.29, 0.717) is 17.2 Å². The third-order valence-electron chi connectivity index (χ3n) is 2.79. The van der Waals surface area contributed by atoms with E-state index in [1.165, 1.54) is 0 Å². The Balaban J connectivity index is 2.08. The molecule has 4 heteroatoms. The standard InChI is InChI=1S/C15H11BrN2O/c16-11-6-7-12(17)14(9-11)19-13-5-1-3-10-4-2-8-18-15(10)13/h1-9H,17H2. The largest absolute Gasteiger partial charge is 0.453 e. The van der Waals surface area contributed by atoms with Gasteiger partial charge in [0.15, 0.2) is 11.5 Å². The minimum atomic E-state index is 0.594. The molecule has 0 atom stereocenters. The molecule has 3 aromatic rings. The lowest BCUT2D eigenvalue weighted by molar-refractivity contribution is 0.489. The van der Waals surface area contributed by atoms with E-state index in [-0.39, 0.29) is 0 Å². The van der Waals surface area contributed by atoms with Crippen LogP contribution in [-0.2, 0) is 0 Å². The van der Waals surface area contributed by atoms with E-state index in [1.807, 2.05) is 42.5 Å². The molecule has 0 aliphatic heterocycles. The highest BCUT2D eigenvalue weighted by Gasteiger charge is 2.07. The van der Waals surface area contributed by atoms with Crippen molar-refractivity contribution in [2.45, 2.75) is 0 Å². The van der Waals surface area contributed by atoms with Crippen LogP contribution in [0.25, 0.3) is 10.9 Å². The number of halogens is 1. The molecule has 3 nitrogen and oxygen atoms in total. The fraction of sp³-hybridized carbons (Fsp3) is 0. The molecule has 0 aliphatic carbocycles. The first kappa shape index (κ1) is 12.0. The Morgan fingerprint density at radius 2 is 1.84 bits per heavy atom. The number of fused-ring (bicyclic) bond motifs is 1. The van der Waals surface area contributed by atoms with Crippen LogP contribution in [0.1, 0.15) is 0 Å². The van der Waals surface area contributed by atoms with E-state index < -0.39 is 0 Å². The number of para-hydroxylation sites is 1. The minimum absolute atomic E-state index is 0.594. The summed E-state index contributed by atoms with van der Waals surface area (Å²) in [5.41, 5.74) is 7.33. The zero-order valence-corrected chi connectivity index (χ0v) is 11.6. The second-order valence-corrected chi connectivity index (χ2v) is 5.03. The summed E-state index contributed by atoms with van der Waals surface area (Å²) in [6, 6.07) is 15.3. The maximum Gasteiger partial charge on any atom is 0.153 e. The number of aromatic nitrogens is 1. The lowest BCUT2D eigenvalue weighted by Crippen LogP contribution is -1.93. The molecule has 0 saturated carbocycles. The van der Waals surface area contributed by atoms with E-state index >= 15 is 0 Å². The average Bonchev–Trinajstić information content (AvgIpc) is 2.43. The number of nitrogens with zero attached hydrogens (tertiary/aromatic N) is 1. The van der Waals surface area contributed by atoms with Crippen molar-refractivity contribution in [1.82, 2.24) is 4.98 Å². The first-order valence-electron chi connectivity index (χ1n) is 5.81. The van der Waals surface area contributed by atoms with E-state index in [2.05, 4.69) is 20.9 Å². The third-order valence-corrected chi connectivity index (χ3v) is 3.28. The lowest BCUT2D eigenvalue weighted by atomic mass is 10.2. The van der Waals surface area contributed by atoms with Gasteiger partial charge in [0, 0.05) is 16.1 Å². The van der Waals surface area contributed by atoms with E-state index in [9.17, 15) is 0 Å². The molecule has 1 aromatic heterocycles. The van der Waals surface area contributed by atoms with Gasteiger partial charge in [-0.2, -0.15) is 0 Å². The summed E-state index contributed by atoms with van der Waals surface area (Å²) in [7, 11) is 0. The monoisotopic (exact) mass is 314 g/mol. The molecule has 1 heterocycles. The molecule has 0 spiro atoms. The van der Waals surface area contributed by atoms with Crippen LogP contribution >= 0.6 is 15.9 Å². The molecule has 0 saturated heterocycles. The molecule has 19 heavy (non-hydrogen) atoms. The van der Waals surface area contributed by atoms with E-state index in [1.54, 1.807) is 12.3 Å². The molecular formula is C15H11BrN2O. The Hall–Kier alpha value is -2.07. The van der Waals surface area contributed by atoms with Gasteiger partial charge >= 0.3 is 0 Å². The van der Waals surface area contributed by atoms with Crippen molar-refractivity contribution in [1.29, 1.82) is 0 Å². The summed E-state index contributed by atoms with van der Waals surface area (Å²) in [6.07, 6.45) is 1.75. The Kier molecular flexibility index (Phi) is 3.09. The quantitative estimate of drug-likeness (QED) is 0.714. The SMILES string of the molecule is Nc1ccc(Br)cc1Oc1cccc2cccnc12. The number of anilines is 1. The minimum Gasteiger partial charge on any atom is -0.453 e. The number of rotatable bonds is 2. The highest BCUT2D eigenvalue weighted by atomic mass is 79.9. The van der Waals surface area contributed by atoms with Gasteiger partial charge in [0.2, 0.25) is 0 Å². The van der Waals surface area contributed by atoms with Gasteiger partial charge in [-0.15, -0.1) is 0 Å². The van der Waals surface area contributed by atoms with Crippen LogP contribution in [0.2, 0.25) is 0 Å². The molecule has 2 aromatic carbocycles. The summed E-state index contributed by atoms with van der Waals surface area (Å²) in [5, 5.41) is 1.04. The highest BCUT2D eigenvalue weighted by molar-refractivity contribution is 9.10. The van der Waals surface area contributed by atoms with Gasteiger partial charge in [-0.25, -0.2) is 0 Å². The van der Waals surface area contributed by atoms with Crippen LogP contribution in [0.3, 0.4) is 0 Å². The van der Waals surface area contributed by atoms with Crippen molar-refractivity contribution in [2.24, 2.45) is 0 Å². The molecule has 94 valence electrons. The van der Waals surface area contributed by atoms with Gasteiger partial charge in [0.25, 0.3) is 0 Å². The molecular weight excluding hydrogens is 304 g/mol. The first-order valence-corrected chi connectivity index (χ1v) is 6.60. The van der Waals surface area contributed by atoms with Crippen LogP contribution in [0.15, 0.2) is 59.2 Å². The Morgan fingerprint density at radius 1 is 1.00 bits per heavy atom. The second kappa shape index (κ2) is 4.90. The number of ether oxygens (including phenoxy) is 1. The van der Waals surface area contributed by atoms with Crippen LogP contribution in [0.4, 0.5) is 5.69 Å². The number of nitrogens with two attached hydrogens (primary N) is 1. The smallest absolute Gasteiger partial charge is 0.153 e. The van der Waals surface area contributed by atoms with E-state index in [0.717, 1.165) is 15.4 Å². The Labute approximate surface area is 119 Å². The maximum absolute atomic E-state index is 5.92. The molecule has 2 N–H and O–H groups in total. The molecule has 0 fully saturated rings. The summed E-state index contributed by atoms with van der Waals surface area (Å²) >= 11 is 3.41. The van der Waals surface area contributed by atoms with Crippen molar-refractivity contribution in [3.8, 4) is 11.5 Å². The number of benzene rings is 2. The van der Waals surface area contributed by atoms with Gasteiger partial charge in [-0.1, -0.05) is 34.1 Å². The molecule has 0 unspecified atom stereocenters. The van der Waals surface area contributed by atoms with Gasteiger partial charge < -0.3 is 10.5 Å². The van der Waals surface area contributed by atoms with Crippen LogP contribution in [0.5, 0.6) is 11.5 Å². The predicted molar refractivity (Wildman–Crippen MR) is 80.4 cm³/mol. The summed E-state index contributed by atoms with van der Waals surface area (Å²) in [4.78, 5) is 4.35. The number of nitrogen functional groups attached to an aromatic ring is 1. The summed E-state index contributed by atoms with van der Waals surface area (Å²) in [6.45, 7) is 0. The fourth-order valence-electron chi connectivity index (χ4n) is 1.87. The van der Waals surface area contributed by atoms with Crippen LogP contribution < -0.4 is 10.5 Å². The summed E-state index contributed by atoms with van der Waals surface area (Å²) < 4.78 is 6.81. The Bertz CT molecular complexity index is 738. The van der Waals surface area contributed by atoms with Gasteiger partial charge in [0.05, 0.1) is 5.69 Å². The zero-order chi connectivity index (χ0) is 13.2. The molecule has 0 aliphatic rings. The second-order valence-electron chi connectivity index (χ2n) is 4.12. The zero-order valence-electron chi connectivity index (χ0n) is 10.0. The number of hydrogen-bond acceptors (Lipinski definition) is 3. The topological polar surface area (TPSA) is 48.1 Å². The van der Waals surface area contributed by atoms with Crippen molar-refractivity contribution in [3.63, 3.8) is 0 Å². The normalized spacial score (nSPS) is 10.6.